The lowest BCUT2D eigenvalue weighted by Crippen LogP contribution is -2.13. The quantitative estimate of drug-likeness (QED) is 0.617. The number of hydrogen-bond donors (Lipinski definition) is 1. The van der Waals surface area contributed by atoms with Crippen molar-refractivity contribution in [3.63, 3.8) is 0 Å². The molecule has 0 aliphatic carbocycles. The fourth-order valence-electron chi connectivity index (χ4n) is 2.81. The van der Waals surface area contributed by atoms with Crippen molar-refractivity contribution in [2.75, 3.05) is 25.3 Å². The van der Waals surface area contributed by atoms with Gasteiger partial charge in [-0.25, -0.2) is 8.42 Å². The van der Waals surface area contributed by atoms with Gasteiger partial charge in [-0.2, -0.15) is 0 Å². The molecule has 1 heterocycles. The maximum absolute atomic E-state index is 12.8. The van der Waals surface area contributed by atoms with Gasteiger partial charge >= 0.3 is 0 Å². The highest BCUT2D eigenvalue weighted by Gasteiger charge is 2.17. The highest BCUT2D eigenvalue weighted by Crippen LogP contribution is 2.31. The second-order valence-electron chi connectivity index (χ2n) is 6.24. The van der Waals surface area contributed by atoms with Crippen molar-refractivity contribution in [2.24, 2.45) is 0 Å². The zero-order valence-electron chi connectivity index (χ0n) is 16.7. The minimum absolute atomic E-state index is 0.0454. The highest BCUT2D eigenvalue weighted by molar-refractivity contribution is 7.91. The summed E-state index contributed by atoms with van der Waals surface area (Å²) in [6.45, 7) is 1.55. The first kappa shape index (κ1) is 21.3. The lowest BCUT2D eigenvalue weighted by atomic mass is 10.1. The Labute approximate surface area is 174 Å². The van der Waals surface area contributed by atoms with Crippen molar-refractivity contribution in [2.45, 2.75) is 11.9 Å². The number of methoxy groups -OCH3 is 2. The summed E-state index contributed by atoms with van der Waals surface area (Å²) in [5, 5.41) is 10.6. The molecule has 0 saturated heterocycles. The van der Waals surface area contributed by atoms with E-state index in [9.17, 15) is 13.2 Å². The van der Waals surface area contributed by atoms with Crippen LogP contribution in [0.2, 0.25) is 0 Å². The maximum Gasteiger partial charge on any atom is 0.259 e. The number of para-hydroxylation sites is 1. The Bertz CT molecular complexity index is 1160. The molecule has 9 heteroatoms. The molecule has 0 unspecified atom stereocenters. The lowest BCUT2D eigenvalue weighted by molar-refractivity contribution is 0.102. The van der Waals surface area contributed by atoms with E-state index in [1.54, 1.807) is 55.5 Å². The summed E-state index contributed by atoms with van der Waals surface area (Å²) in [6, 6.07) is 15.1. The van der Waals surface area contributed by atoms with Crippen LogP contribution in [0.25, 0.3) is 11.3 Å². The van der Waals surface area contributed by atoms with Crippen LogP contribution >= 0.6 is 0 Å². The van der Waals surface area contributed by atoms with E-state index >= 15 is 0 Å². The third-order valence-corrected chi connectivity index (χ3v) is 6.02. The average Bonchev–Trinajstić information content (AvgIpc) is 2.78. The summed E-state index contributed by atoms with van der Waals surface area (Å²) in [7, 11) is -0.447. The van der Waals surface area contributed by atoms with Crippen LogP contribution in [-0.4, -0.2) is 44.5 Å². The minimum Gasteiger partial charge on any atom is -0.493 e. The Balaban J connectivity index is 1.85. The van der Waals surface area contributed by atoms with Crippen molar-refractivity contribution < 1.29 is 22.7 Å². The topological polar surface area (TPSA) is 107 Å². The standard InChI is InChI=1S/C21H21N3O5S/c1-4-30(26,27)19-12-11-17(23-24-19)14-7-5-8-15(13-14)22-21(25)16-9-6-10-18(28-2)20(16)29-3/h5-13H,4H2,1-3H3,(H,22,25). The van der Waals surface area contributed by atoms with Crippen molar-refractivity contribution in [1.29, 1.82) is 0 Å². The monoisotopic (exact) mass is 427 g/mol. The Morgan fingerprint density at radius 3 is 2.40 bits per heavy atom. The second-order valence-corrected chi connectivity index (χ2v) is 8.46. The van der Waals surface area contributed by atoms with Gasteiger partial charge in [0.1, 0.15) is 0 Å². The van der Waals surface area contributed by atoms with Crippen LogP contribution in [0.15, 0.2) is 59.6 Å². The number of anilines is 1. The average molecular weight is 427 g/mol. The first-order valence-electron chi connectivity index (χ1n) is 9.09. The van der Waals surface area contributed by atoms with Gasteiger partial charge < -0.3 is 14.8 Å². The number of hydrogen-bond acceptors (Lipinski definition) is 7. The van der Waals surface area contributed by atoms with E-state index in [1.165, 1.54) is 20.3 Å². The van der Waals surface area contributed by atoms with Gasteiger partial charge in [-0.1, -0.05) is 25.1 Å². The number of ether oxygens (including phenoxy) is 2. The molecule has 0 aliphatic rings. The van der Waals surface area contributed by atoms with Crippen LogP contribution in [0.4, 0.5) is 5.69 Å². The van der Waals surface area contributed by atoms with Crippen LogP contribution in [0.3, 0.4) is 0 Å². The number of carbonyl (C=O) groups excluding carboxylic acids is 1. The number of nitrogens with one attached hydrogen (secondary N) is 1. The van der Waals surface area contributed by atoms with E-state index in [1.807, 2.05) is 0 Å². The third-order valence-electron chi connectivity index (χ3n) is 4.40. The molecule has 0 bridgehead atoms. The van der Waals surface area contributed by atoms with Crippen molar-refractivity contribution in [1.82, 2.24) is 10.2 Å². The molecule has 156 valence electrons. The lowest BCUT2D eigenvalue weighted by Gasteiger charge is -2.13. The molecule has 1 N–H and O–H groups in total. The summed E-state index contributed by atoms with van der Waals surface area (Å²) < 4.78 is 34.3. The van der Waals surface area contributed by atoms with E-state index in [-0.39, 0.29) is 16.7 Å². The Morgan fingerprint density at radius 1 is 1.00 bits per heavy atom. The largest absolute Gasteiger partial charge is 0.493 e. The van der Waals surface area contributed by atoms with Crippen LogP contribution in [0.5, 0.6) is 11.5 Å². The summed E-state index contributed by atoms with van der Waals surface area (Å²) in [4.78, 5) is 12.8. The summed E-state index contributed by atoms with van der Waals surface area (Å²) in [6.07, 6.45) is 0. The molecule has 0 radical (unpaired) electrons. The molecule has 0 fully saturated rings. The van der Waals surface area contributed by atoms with Gasteiger partial charge in [-0.3, -0.25) is 4.79 Å². The Kier molecular flexibility index (Phi) is 6.31. The van der Waals surface area contributed by atoms with Gasteiger partial charge in [0, 0.05) is 11.3 Å². The molecule has 1 aromatic heterocycles. The Morgan fingerprint density at radius 2 is 1.77 bits per heavy atom. The molecule has 8 nitrogen and oxygen atoms in total. The van der Waals surface area contributed by atoms with E-state index in [4.69, 9.17) is 9.47 Å². The molecule has 0 atom stereocenters. The van der Waals surface area contributed by atoms with Crippen molar-refractivity contribution in [3.05, 3.63) is 60.2 Å². The molecular weight excluding hydrogens is 406 g/mol. The fourth-order valence-corrected chi connectivity index (χ4v) is 3.54. The van der Waals surface area contributed by atoms with E-state index in [2.05, 4.69) is 15.5 Å². The first-order valence-corrected chi connectivity index (χ1v) is 10.7. The minimum atomic E-state index is -3.42. The zero-order chi connectivity index (χ0) is 21.7. The van der Waals surface area contributed by atoms with Gasteiger partial charge in [-0.15, -0.1) is 10.2 Å². The molecule has 0 spiro atoms. The molecule has 0 saturated carbocycles. The SMILES string of the molecule is CCS(=O)(=O)c1ccc(-c2cccc(NC(=O)c3cccc(OC)c3OC)c2)nn1. The Hall–Kier alpha value is -3.46. The molecule has 0 aliphatic heterocycles. The van der Waals surface area contributed by atoms with E-state index in [0.717, 1.165) is 0 Å². The summed E-state index contributed by atoms with van der Waals surface area (Å²) in [5.41, 5.74) is 2.03. The van der Waals surface area contributed by atoms with Gasteiger partial charge in [-0.05, 0) is 36.4 Å². The number of sulfone groups is 1. The van der Waals surface area contributed by atoms with Crippen LogP contribution in [-0.2, 0) is 9.84 Å². The van der Waals surface area contributed by atoms with E-state index in [0.29, 0.717) is 34.0 Å². The van der Waals surface area contributed by atoms with Crippen LogP contribution < -0.4 is 14.8 Å². The normalized spacial score (nSPS) is 11.0. The fraction of sp³-hybridized carbons (Fsp3) is 0.190. The van der Waals surface area contributed by atoms with Gasteiger partial charge in [0.05, 0.1) is 31.2 Å². The van der Waals surface area contributed by atoms with Gasteiger partial charge in [0.2, 0.25) is 0 Å². The number of carbonyl (C=O) groups is 1. The summed E-state index contributed by atoms with van der Waals surface area (Å²) in [5.74, 6) is 0.387. The van der Waals surface area contributed by atoms with Crippen molar-refractivity contribution >= 4 is 21.4 Å². The molecule has 3 rings (SSSR count). The maximum atomic E-state index is 12.8. The zero-order valence-corrected chi connectivity index (χ0v) is 17.6. The number of amides is 1. The predicted molar refractivity (Wildman–Crippen MR) is 113 cm³/mol. The predicted octanol–water partition coefficient (Wildman–Crippen LogP) is 3.21. The molecule has 1 amide bonds. The number of nitrogens with zero attached hydrogens (tertiary/aromatic N) is 2. The van der Waals surface area contributed by atoms with E-state index < -0.39 is 9.84 Å². The second kappa shape index (κ2) is 8.91. The number of benzene rings is 2. The molecule has 30 heavy (non-hydrogen) atoms. The first-order chi connectivity index (χ1) is 14.4. The molecule has 2 aromatic carbocycles. The number of aromatic nitrogens is 2. The van der Waals surface area contributed by atoms with Crippen LogP contribution in [0.1, 0.15) is 17.3 Å². The van der Waals surface area contributed by atoms with Gasteiger partial charge in [0.15, 0.2) is 26.4 Å². The number of rotatable bonds is 7. The van der Waals surface area contributed by atoms with Gasteiger partial charge in [0.25, 0.3) is 5.91 Å². The smallest absolute Gasteiger partial charge is 0.259 e. The van der Waals surface area contributed by atoms with Crippen LogP contribution in [0, 0.1) is 0 Å². The molecular formula is C21H21N3O5S. The highest BCUT2D eigenvalue weighted by atomic mass is 32.2. The van der Waals surface area contributed by atoms with Crippen molar-refractivity contribution in [3.8, 4) is 22.8 Å². The molecule has 3 aromatic rings. The summed E-state index contributed by atoms with van der Waals surface area (Å²) >= 11 is 0. The third kappa shape index (κ3) is 4.41.